The van der Waals surface area contributed by atoms with Gasteiger partial charge in [0.25, 0.3) is 0 Å². The summed E-state index contributed by atoms with van der Waals surface area (Å²) >= 11 is 6.83. The van der Waals surface area contributed by atoms with Crippen LogP contribution in [0, 0.1) is 5.92 Å². The predicted octanol–water partition coefficient (Wildman–Crippen LogP) is 5.92. The van der Waals surface area contributed by atoms with Crippen LogP contribution in [0.3, 0.4) is 0 Å². The van der Waals surface area contributed by atoms with Gasteiger partial charge in [-0.1, -0.05) is 48.6 Å². The average Bonchev–Trinajstić information content (AvgIpc) is 2.90. The first kappa shape index (κ1) is 28.7. The number of rotatable bonds is 9. The molecule has 1 aromatic carbocycles. The summed E-state index contributed by atoms with van der Waals surface area (Å²) < 4.78 is 28.3. The molecule has 200 valence electrons. The Morgan fingerprint density at radius 2 is 1.65 bits per heavy atom. The lowest BCUT2D eigenvalue weighted by atomic mass is 9.84. The number of allylic oxidation sites excluding steroid dienone is 5. The number of alkyl halides is 1. The van der Waals surface area contributed by atoms with Gasteiger partial charge in [0, 0.05) is 38.0 Å². The summed E-state index contributed by atoms with van der Waals surface area (Å²) in [7, 11) is 0. The first-order valence-electron chi connectivity index (χ1n) is 12.7. The molecule has 7 nitrogen and oxygen atoms in total. The van der Waals surface area contributed by atoms with Gasteiger partial charge in [-0.3, -0.25) is 4.79 Å². The Morgan fingerprint density at radius 3 is 2.38 bits per heavy atom. The first-order valence-corrected chi connectivity index (χ1v) is 13.1. The topological polar surface area (TPSA) is 80.3 Å². The minimum atomic E-state index is -0.803. The van der Waals surface area contributed by atoms with Crippen LogP contribution in [-0.4, -0.2) is 43.9 Å². The minimum Gasteiger partial charge on any atom is -0.470 e. The predicted molar refractivity (Wildman–Crippen MR) is 140 cm³/mol. The van der Waals surface area contributed by atoms with Gasteiger partial charge in [0.1, 0.15) is 17.6 Å². The highest BCUT2D eigenvalue weighted by Crippen LogP contribution is 2.39. The maximum atomic E-state index is 13.8. The highest BCUT2D eigenvalue weighted by Gasteiger charge is 2.40. The van der Waals surface area contributed by atoms with Crippen LogP contribution >= 0.6 is 11.6 Å². The van der Waals surface area contributed by atoms with Crippen molar-refractivity contribution in [3.8, 4) is 0 Å². The van der Waals surface area contributed by atoms with Crippen LogP contribution in [0.5, 0.6) is 0 Å². The average molecular weight is 531 g/mol. The fraction of sp³-hybridized carbons (Fsp3) is 0.448. The van der Waals surface area contributed by atoms with Crippen LogP contribution in [0.25, 0.3) is 0 Å². The van der Waals surface area contributed by atoms with E-state index in [9.17, 15) is 9.59 Å². The molecule has 0 radical (unpaired) electrons. The monoisotopic (exact) mass is 530 g/mol. The van der Waals surface area contributed by atoms with Crippen LogP contribution in [0.2, 0.25) is 0 Å². The minimum absolute atomic E-state index is 0.0161. The van der Waals surface area contributed by atoms with Gasteiger partial charge in [-0.25, -0.2) is 4.79 Å². The van der Waals surface area contributed by atoms with E-state index in [0.29, 0.717) is 25.4 Å². The van der Waals surface area contributed by atoms with Crippen molar-refractivity contribution in [2.75, 3.05) is 26.8 Å². The van der Waals surface area contributed by atoms with E-state index in [1.165, 1.54) is 0 Å². The van der Waals surface area contributed by atoms with Crippen molar-refractivity contribution < 1.29 is 33.3 Å². The molecule has 2 aliphatic rings. The quantitative estimate of drug-likeness (QED) is 0.129. The summed E-state index contributed by atoms with van der Waals surface area (Å²) in [6, 6.07) is 9.56. The second-order valence-electron chi connectivity index (χ2n) is 8.50. The number of carbonyl (C=O) groups excluding carboxylic acids is 2. The van der Waals surface area contributed by atoms with Gasteiger partial charge >= 0.3 is 5.97 Å². The highest BCUT2D eigenvalue weighted by atomic mass is 35.5. The fourth-order valence-electron chi connectivity index (χ4n) is 4.04. The number of halogens is 1. The van der Waals surface area contributed by atoms with E-state index in [0.717, 1.165) is 18.4 Å². The Bertz CT molecular complexity index is 1010. The Hall–Kier alpha value is -2.87. The molecule has 1 aliphatic carbocycles. The number of fused-ring (bicyclic) bond motifs is 1. The van der Waals surface area contributed by atoms with Gasteiger partial charge in [-0.2, -0.15) is 0 Å². The third-order valence-electron chi connectivity index (χ3n) is 5.93. The lowest BCUT2D eigenvalue weighted by Gasteiger charge is -2.31. The zero-order valence-corrected chi connectivity index (χ0v) is 22.2. The highest BCUT2D eigenvalue weighted by molar-refractivity contribution is 6.23. The number of hydrogen-bond acceptors (Lipinski definition) is 7. The molecule has 1 aromatic rings. The maximum Gasteiger partial charge on any atom is 0.338 e. The summed E-state index contributed by atoms with van der Waals surface area (Å²) in [6.07, 6.45) is 10.4. The molecule has 37 heavy (non-hydrogen) atoms. The Kier molecular flexibility index (Phi) is 11.9. The fourth-order valence-corrected chi connectivity index (χ4v) is 4.38. The number of ether oxygens (including phenoxy) is 5. The molecular weight excluding hydrogens is 496 g/mol. The molecule has 2 unspecified atom stereocenters. The van der Waals surface area contributed by atoms with Crippen LogP contribution in [0.1, 0.15) is 51.2 Å². The molecule has 0 amide bonds. The van der Waals surface area contributed by atoms with Gasteiger partial charge in [-0.15, -0.1) is 11.6 Å². The molecule has 0 bridgehead atoms. The summed E-state index contributed by atoms with van der Waals surface area (Å²) in [4.78, 5) is 26.6. The molecule has 3 rings (SSSR count). The van der Waals surface area contributed by atoms with Crippen molar-refractivity contribution in [2.24, 2.45) is 5.92 Å². The van der Waals surface area contributed by atoms with Crippen LogP contribution in [0.4, 0.5) is 0 Å². The lowest BCUT2D eigenvalue weighted by molar-refractivity contribution is -0.145. The smallest absolute Gasteiger partial charge is 0.338 e. The van der Waals surface area contributed by atoms with E-state index >= 15 is 0 Å². The van der Waals surface area contributed by atoms with E-state index in [2.05, 4.69) is 0 Å². The van der Waals surface area contributed by atoms with Gasteiger partial charge in [0.05, 0.1) is 11.0 Å². The zero-order chi connectivity index (χ0) is 26.5. The van der Waals surface area contributed by atoms with E-state index in [-0.39, 0.29) is 37.1 Å². The normalized spacial score (nSPS) is 24.8. The standard InChI is InChI=1S/C29H35ClO7/c1-3-33-19-35-25-18-26(36-20-34-4-2)28(30)23-17-22(31)15-11-6-5-7-12-16-24(37-29(32)27(23)25)21-13-9-8-10-14-21/h7-15,18,23-24,28H,3-6,16-17,19-20H2,1-2H3/b12-7+,15-11+/t23?,24-,28?/m0/s1. The van der Waals surface area contributed by atoms with Crippen LogP contribution in [0.15, 0.2) is 77.8 Å². The molecule has 1 heterocycles. The Balaban J connectivity index is 2.05. The summed E-state index contributed by atoms with van der Waals surface area (Å²) in [5.41, 5.74) is 1.05. The van der Waals surface area contributed by atoms with Crippen molar-refractivity contribution in [3.05, 3.63) is 83.4 Å². The molecule has 0 spiro atoms. The Labute approximate surface area is 223 Å². The molecule has 8 heteroatoms. The molecule has 3 atom stereocenters. The lowest BCUT2D eigenvalue weighted by Crippen LogP contribution is -2.33. The van der Waals surface area contributed by atoms with E-state index < -0.39 is 23.4 Å². The van der Waals surface area contributed by atoms with Crippen molar-refractivity contribution in [1.82, 2.24) is 0 Å². The molecule has 0 saturated carbocycles. The molecule has 0 aromatic heterocycles. The third kappa shape index (κ3) is 8.59. The van der Waals surface area contributed by atoms with Gasteiger partial charge in [0.15, 0.2) is 19.4 Å². The first-order chi connectivity index (χ1) is 18.0. The largest absolute Gasteiger partial charge is 0.470 e. The number of carbonyl (C=O) groups is 2. The Morgan fingerprint density at radius 1 is 0.946 bits per heavy atom. The van der Waals surface area contributed by atoms with Crippen molar-refractivity contribution in [2.45, 2.75) is 51.0 Å². The summed E-state index contributed by atoms with van der Waals surface area (Å²) in [5.74, 6) is -0.934. The number of ketones is 1. The second-order valence-corrected chi connectivity index (χ2v) is 8.97. The number of hydrogen-bond donors (Lipinski definition) is 0. The summed E-state index contributed by atoms with van der Waals surface area (Å²) in [6.45, 7) is 4.47. The van der Waals surface area contributed by atoms with Crippen molar-refractivity contribution in [1.29, 1.82) is 0 Å². The number of esters is 1. The van der Waals surface area contributed by atoms with E-state index in [1.807, 2.05) is 62.4 Å². The molecule has 0 N–H and O–H groups in total. The van der Waals surface area contributed by atoms with Crippen molar-refractivity contribution >= 4 is 23.4 Å². The van der Waals surface area contributed by atoms with Crippen molar-refractivity contribution in [3.63, 3.8) is 0 Å². The molecule has 0 saturated heterocycles. The number of cyclic esters (lactones) is 1. The molecule has 0 fully saturated rings. The number of benzene rings is 1. The van der Waals surface area contributed by atoms with E-state index in [4.69, 9.17) is 35.3 Å². The summed E-state index contributed by atoms with van der Waals surface area (Å²) in [5, 5.41) is -0.803. The third-order valence-corrected chi connectivity index (χ3v) is 6.45. The van der Waals surface area contributed by atoms with Gasteiger partial charge in [-0.05, 0) is 38.3 Å². The van der Waals surface area contributed by atoms with Gasteiger partial charge < -0.3 is 23.7 Å². The molecular formula is C29H35ClO7. The van der Waals surface area contributed by atoms with Gasteiger partial charge in [0.2, 0.25) is 0 Å². The zero-order valence-electron chi connectivity index (χ0n) is 21.4. The SMILES string of the molecule is CCOCOC1=CC(OCOCC)=C2C(=O)O[C@H](c3ccccc3)C/C=C/CC/C=C/C(=O)CC2C1Cl. The van der Waals surface area contributed by atoms with E-state index in [1.54, 1.807) is 12.2 Å². The second kappa shape index (κ2) is 15.4. The van der Waals surface area contributed by atoms with Crippen LogP contribution in [-0.2, 0) is 33.3 Å². The van der Waals surface area contributed by atoms with Crippen LogP contribution < -0.4 is 0 Å². The maximum absolute atomic E-state index is 13.8. The molecule has 1 aliphatic heterocycles.